The predicted octanol–water partition coefficient (Wildman–Crippen LogP) is 3.15. The van der Waals surface area contributed by atoms with Gasteiger partial charge < -0.3 is 15.4 Å². The molecule has 6 heteroatoms. The average Bonchev–Trinajstić information content (AvgIpc) is 3.24. The zero-order valence-electron chi connectivity index (χ0n) is 12.2. The monoisotopic (exact) mass is 330 g/mol. The molecule has 2 rings (SSSR count). The van der Waals surface area contributed by atoms with Crippen LogP contribution in [-0.4, -0.2) is 24.6 Å². The van der Waals surface area contributed by atoms with Crippen LogP contribution in [0.4, 0.5) is 0 Å². The number of nitrogens with one attached hydrogen (secondary N) is 2. The molecule has 0 aliphatic heterocycles. The van der Waals surface area contributed by atoms with E-state index in [1.165, 1.54) is 12.8 Å². The molecule has 1 aromatic carbocycles. The Kier molecular flexibility index (Phi) is 5.73. The first-order valence-electron chi connectivity index (χ1n) is 7.17. The second kappa shape index (κ2) is 7.34. The van der Waals surface area contributed by atoms with Crippen LogP contribution in [0.2, 0.25) is 10.0 Å². The smallest absolute Gasteiger partial charge is 0.260 e. The van der Waals surface area contributed by atoms with Crippen LogP contribution in [0.1, 0.15) is 32.3 Å². The molecule has 1 atom stereocenters. The van der Waals surface area contributed by atoms with Gasteiger partial charge in [0.1, 0.15) is 5.75 Å². The molecule has 1 aliphatic carbocycles. The van der Waals surface area contributed by atoms with Gasteiger partial charge in [-0.3, -0.25) is 4.79 Å². The van der Waals surface area contributed by atoms with Crippen LogP contribution >= 0.6 is 23.2 Å². The van der Waals surface area contributed by atoms with E-state index < -0.39 is 6.10 Å². The Bertz CT molecular complexity index is 519. The topological polar surface area (TPSA) is 50.4 Å². The van der Waals surface area contributed by atoms with Crippen molar-refractivity contribution in [2.24, 2.45) is 0 Å². The fourth-order valence-corrected chi connectivity index (χ4v) is 2.55. The van der Waals surface area contributed by atoms with E-state index in [-0.39, 0.29) is 5.91 Å². The fourth-order valence-electron chi connectivity index (χ4n) is 1.97. The number of likely N-dealkylation sites (N-methyl/N-ethyl adjacent to an activating group) is 1. The van der Waals surface area contributed by atoms with Gasteiger partial charge in [-0.25, -0.2) is 0 Å². The Labute approximate surface area is 135 Å². The summed E-state index contributed by atoms with van der Waals surface area (Å²) in [7, 11) is 0. The molecule has 1 saturated carbocycles. The van der Waals surface area contributed by atoms with Crippen molar-refractivity contribution in [2.75, 3.05) is 6.54 Å². The van der Waals surface area contributed by atoms with Gasteiger partial charge in [0.05, 0.1) is 5.02 Å². The van der Waals surface area contributed by atoms with Crippen LogP contribution in [-0.2, 0) is 11.3 Å². The minimum atomic E-state index is -0.608. The summed E-state index contributed by atoms with van der Waals surface area (Å²) in [5.74, 6) is 0.359. The number of halogens is 2. The molecule has 1 amide bonds. The lowest BCUT2D eigenvalue weighted by molar-refractivity contribution is -0.127. The standard InChI is InChI=1S/C15H20Cl2N2O2/c1-3-18-15(20)9(2)21-14-10(8-19-12-4-5-12)6-11(16)7-13(14)17/h6-7,9,12,19H,3-5,8H2,1-2H3,(H,18,20). The molecule has 0 radical (unpaired) electrons. The highest BCUT2D eigenvalue weighted by molar-refractivity contribution is 6.35. The molecule has 0 aromatic heterocycles. The third-order valence-corrected chi connectivity index (χ3v) is 3.76. The maximum atomic E-state index is 11.8. The third kappa shape index (κ3) is 4.77. The molecule has 1 unspecified atom stereocenters. The Morgan fingerprint density at radius 3 is 2.76 bits per heavy atom. The summed E-state index contributed by atoms with van der Waals surface area (Å²) in [5.41, 5.74) is 0.871. The lowest BCUT2D eigenvalue weighted by Crippen LogP contribution is -2.36. The van der Waals surface area contributed by atoms with E-state index in [1.807, 2.05) is 13.0 Å². The summed E-state index contributed by atoms with van der Waals surface area (Å²) in [6, 6.07) is 4.02. The van der Waals surface area contributed by atoms with Crippen molar-refractivity contribution in [3.63, 3.8) is 0 Å². The van der Waals surface area contributed by atoms with E-state index in [9.17, 15) is 4.79 Å². The maximum absolute atomic E-state index is 11.8. The van der Waals surface area contributed by atoms with Crippen molar-refractivity contribution in [2.45, 2.75) is 45.4 Å². The summed E-state index contributed by atoms with van der Waals surface area (Å²) in [4.78, 5) is 11.8. The summed E-state index contributed by atoms with van der Waals surface area (Å²) in [6.07, 6.45) is 1.78. The van der Waals surface area contributed by atoms with Crippen LogP contribution in [0.25, 0.3) is 0 Å². The second-order valence-corrected chi connectivity index (χ2v) is 6.03. The van der Waals surface area contributed by atoms with Gasteiger partial charge in [0.25, 0.3) is 5.91 Å². The first-order chi connectivity index (χ1) is 10.0. The minimum absolute atomic E-state index is 0.162. The number of ether oxygens (including phenoxy) is 1. The highest BCUT2D eigenvalue weighted by Gasteiger charge is 2.23. The van der Waals surface area contributed by atoms with Crippen LogP contribution in [0.5, 0.6) is 5.75 Å². The van der Waals surface area contributed by atoms with Crippen molar-refractivity contribution in [1.82, 2.24) is 10.6 Å². The quantitative estimate of drug-likeness (QED) is 0.807. The molecule has 0 bridgehead atoms. The lowest BCUT2D eigenvalue weighted by atomic mass is 10.2. The molecule has 1 fully saturated rings. The van der Waals surface area contributed by atoms with E-state index >= 15 is 0 Å². The summed E-state index contributed by atoms with van der Waals surface area (Å²) >= 11 is 12.3. The summed E-state index contributed by atoms with van der Waals surface area (Å²) < 4.78 is 5.76. The van der Waals surface area contributed by atoms with Gasteiger partial charge in [-0.2, -0.15) is 0 Å². The predicted molar refractivity (Wildman–Crippen MR) is 85.1 cm³/mol. The molecule has 1 aromatic rings. The van der Waals surface area contributed by atoms with Gasteiger partial charge in [-0.05, 0) is 38.8 Å². The van der Waals surface area contributed by atoms with Gasteiger partial charge >= 0.3 is 0 Å². The largest absolute Gasteiger partial charge is 0.479 e. The number of rotatable bonds is 7. The molecule has 2 N–H and O–H groups in total. The molecule has 0 spiro atoms. The van der Waals surface area contributed by atoms with E-state index in [1.54, 1.807) is 13.0 Å². The average molecular weight is 331 g/mol. The van der Waals surface area contributed by atoms with E-state index in [0.29, 0.717) is 34.9 Å². The molecular weight excluding hydrogens is 311 g/mol. The van der Waals surface area contributed by atoms with Crippen LogP contribution in [0.15, 0.2) is 12.1 Å². The highest BCUT2D eigenvalue weighted by Crippen LogP contribution is 2.34. The zero-order valence-corrected chi connectivity index (χ0v) is 13.7. The number of benzene rings is 1. The van der Waals surface area contributed by atoms with Crippen molar-refractivity contribution in [3.05, 3.63) is 27.7 Å². The molecule has 0 heterocycles. The highest BCUT2D eigenvalue weighted by atomic mass is 35.5. The lowest BCUT2D eigenvalue weighted by Gasteiger charge is -2.18. The Morgan fingerprint density at radius 2 is 2.14 bits per heavy atom. The molecule has 0 saturated heterocycles. The van der Waals surface area contributed by atoms with Gasteiger partial charge in [0.2, 0.25) is 0 Å². The van der Waals surface area contributed by atoms with E-state index in [0.717, 1.165) is 5.56 Å². The van der Waals surface area contributed by atoms with Crippen LogP contribution in [0, 0.1) is 0 Å². The maximum Gasteiger partial charge on any atom is 0.260 e. The molecule has 1 aliphatic rings. The molecule has 4 nitrogen and oxygen atoms in total. The summed E-state index contributed by atoms with van der Waals surface area (Å²) in [5, 5.41) is 7.11. The Hall–Kier alpha value is -0.970. The number of amides is 1. The summed E-state index contributed by atoms with van der Waals surface area (Å²) in [6.45, 7) is 4.76. The van der Waals surface area contributed by atoms with Gasteiger partial charge in [-0.1, -0.05) is 23.2 Å². The van der Waals surface area contributed by atoms with Gasteiger partial charge in [-0.15, -0.1) is 0 Å². The zero-order chi connectivity index (χ0) is 15.4. The van der Waals surface area contributed by atoms with Crippen molar-refractivity contribution < 1.29 is 9.53 Å². The Balaban J connectivity index is 2.13. The van der Waals surface area contributed by atoms with Crippen molar-refractivity contribution in [3.8, 4) is 5.75 Å². The first kappa shape index (κ1) is 16.4. The number of carbonyl (C=O) groups is 1. The van der Waals surface area contributed by atoms with E-state index in [4.69, 9.17) is 27.9 Å². The molecular formula is C15H20Cl2N2O2. The van der Waals surface area contributed by atoms with E-state index in [2.05, 4.69) is 10.6 Å². The first-order valence-corrected chi connectivity index (χ1v) is 7.92. The number of hydrogen-bond acceptors (Lipinski definition) is 3. The molecule has 116 valence electrons. The van der Waals surface area contributed by atoms with Gasteiger partial charge in [0, 0.05) is 29.7 Å². The fraction of sp³-hybridized carbons (Fsp3) is 0.533. The van der Waals surface area contributed by atoms with Gasteiger partial charge in [0.15, 0.2) is 6.10 Å². The van der Waals surface area contributed by atoms with Crippen LogP contribution < -0.4 is 15.4 Å². The second-order valence-electron chi connectivity index (χ2n) is 5.19. The third-order valence-electron chi connectivity index (χ3n) is 3.26. The molecule has 21 heavy (non-hydrogen) atoms. The number of hydrogen-bond donors (Lipinski definition) is 2. The van der Waals surface area contributed by atoms with Crippen molar-refractivity contribution >= 4 is 29.1 Å². The van der Waals surface area contributed by atoms with Crippen LogP contribution in [0.3, 0.4) is 0 Å². The number of carbonyl (C=O) groups excluding carboxylic acids is 1. The normalized spacial score (nSPS) is 15.6. The Morgan fingerprint density at radius 1 is 1.43 bits per heavy atom. The SMILES string of the molecule is CCNC(=O)C(C)Oc1c(Cl)cc(Cl)cc1CNC1CC1. The van der Waals surface area contributed by atoms with Crippen molar-refractivity contribution in [1.29, 1.82) is 0 Å². The minimum Gasteiger partial charge on any atom is -0.479 e.